The van der Waals surface area contributed by atoms with E-state index in [1.807, 2.05) is 29.2 Å². The number of amides is 2. The Hall–Kier alpha value is -1.40. The van der Waals surface area contributed by atoms with Crippen LogP contribution in [0.5, 0.6) is 0 Å². The SMILES string of the molecule is CCCCNC(=O)CC1NCCN(Cc2cccc(Br)c2)C1=O. The maximum atomic E-state index is 12.6. The molecule has 1 unspecified atom stereocenters. The molecule has 1 saturated heterocycles. The van der Waals surface area contributed by atoms with Gasteiger partial charge in [-0.1, -0.05) is 41.4 Å². The lowest BCUT2D eigenvalue weighted by molar-refractivity contribution is -0.138. The van der Waals surface area contributed by atoms with Crippen molar-refractivity contribution < 1.29 is 9.59 Å². The second-order valence-corrected chi connectivity index (χ2v) is 6.72. The lowest BCUT2D eigenvalue weighted by Crippen LogP contribution is -2.55. The molecule has 1 atom stereocenters. The standard InChI is InChI=1S/C17H24BrN3O2/c1-2-3-7-20-16(22)11-15-17(23)21(9-8-19-15)12-13-5-4-6-14(18)10-13/h4-6,10,15,19H,2-3,7-9,11-12H2,1H3,(H,20,22). The van der Waals surface area contributed by atoms with E-state index < -0.39 is 6.04 Å². The summed E-state index contributed by atoms with van der Waals surface area (Å²) in [5.41, 5.74) is 1.08. The predicted molar refractivity (Wildman–Crippen MR) is 93.9 cm³/mol. The first-order valence-electron chi connectivity index (χ1n) is 8.13. The van der Waals surface area contributed by atoms with E-state index in [9.17, 15) is 9.59 Å². The summed E-state index contributed by atoms with van der Waals surface area (Å²) in [5.74, 6) is -0.0597. The van der Waals surface area contributed by atoms with E-state index in [1.54, 1.807) is 0 Å². The van der Waals surface area contributed by atoms with Crippen molar-refractivity contribution >= 4 is 27.7 Å². The topological polar surface area (TPSA) is 61.4 Å². The Morgan fingerprint density at radius 2 is 2.30 bits per heavy atom. The molecule has 1 aromatic rings. The van der Waals surface area contributed by atoms with Crippen molar-refractivity contribution in [1.29, 1.82) is 0 Å². The van der Waals surface area contributed by atoms with Crippen molar-refractivity contribution in [3.05, 3.63) is 34.3 Å². The lowest BCUT2D eigenvalue weighted by Gasteiger charge is -2.33. The largest absolute Gasteiger partial charge is 0.356 e. The fourth-order valence-electron chi connectivity index (χ4n) is 2.63. The molecule has 6 heteroatoms. The number of nitrogens with zero attached hydrogens (tertiary/aromatic N) is 1. The van der Waals surface area contributed by atoms with Gasteiger partial charge in [-0.2, -0.15) is 0 Å². The molecule has 0 radical (unpaired) electrons. The average molecular weight is 382 g/mol. The molecule has 2 rings (SSSR count). The van der Waals surface area contributed by atoms with E-state index in [2.05, 4.69) is 33.5 Å². The van der Waals surface area contributed by atoms with Crippen LogP contribution in [-0.4, -0.2) is 42.4 Å². The molecule has 1 fully saturated rings. The molecule has 0 aromatic heterocycles. The monoisotopic (exact) mass is 381 g/mol. The quantitative estimate of drug-likeness (QED) is 0.710. The Bertz CT molecular complexity index is 550. The van der Waals surface area contributed by atoms with Crippen LogP contribution in [-0.2, 0) is 16.1 Å². The van der Waals surface area contributed by atoms with Gasteiger partial charge >= 0.3 is 0 Å². The molecule has 0 saturated carbocycles. The van der Waals surface area contributed by atoms with Crippen molar-refractivity contribution in [1.82, 2.24) is 15.5 Å². The van der Waals surface area contributed by atoms with Gasteiger partial charge in [-0.3, -0.25) is 9.59 Å². The first-order chi connectivity index (χ1) is 11.1. The number of hydrogen-bond acceptors (Lipinski definition) is 3. The van der Waals surface area contributed by atoms with Gasteiger partial charge in [0.05, 0.1) is 12.5 Å². The number of nitrogens with one attached hydrogen (secondary N) is 2. The third-order valence-corrected chi connectivity index (χ3v) is 4.38. The molecular formula is C17H24BrN3O2. The fraction of sp³-hybridized carbons (Fsp3) is 0.529. The highest BCUT2D eigenvalue weighted by molar-refractivity contribution is 9.10. The molecule has 126 valence electrons. The maximum Gasteiger partial charge on any atom is 0.240 e. The molecule has 5 nitrogen and oxygen atoms in total. The van der Waals surface area contributed by atoms with Crippen molar-refractivity contribution in [2.45, 2.75) is 38.8 Å². The van der Waals surface area contributed by atoms with Gasteiger partial charge < -0.3 is 15.5 Å². The average Bonchev–Trinajstić information content (AvgIpc) is 2.52. The second-order valence-electron chi connectivity index (χ2n) is 5.80. The molecule has 1 aliphatic rings. The van der Waals surface area contributed by atoms with Gasteiger partial charge in [0.15, 0.2) is 0 Å². The van der Waals surface area contributed by atoms with Crippen LogP contribution < -0.4 is 10.6 Å². The lowest BCUT2D eigenvalue weighted by atomic mass is 10.1. The number of hydrogen-bond donors (Lipinski definition) is 2. The van der Waals surface area contributed by atoms with E-state index >= 15 is 0 Å². The highest BCUT2D eigenvalue weighted by Crippen LogP contribution is 2.15. The minimum atomic E-state index is -0.419. The highest BCUT2D eigenvalue weighted by atomic mass is 79.9. The molecule has 0 aliphatic carbocycles. The van der Waals surface area contributed by atoms with E-state index in [0.29, 0.717) is 26.2 Å². The molecule has 1 heterocycles. The first kappa shape index (κ1) is 17.9. The van der Waals surface area contributed by atoms with Gasteiger partial charge in [-0.15, -0.1) is 0 Å². The van der Waals surface area contributed by atoms with Gasteiger partial charge in [0.25, 0.3) is 0 Å². The van der Waals surface area contributed by atoms with Crippen LogP contribution in [0.1, 0.15) is 31.7 Å². The number of unbranched alkanes of at least 4 members (excludes halogenated alkanes) is 1. The zero-order valence-corrected chi connectivity index (χ0v) is 15.1. The molecular weight excluding hydrogens is 358 g/mol. The van der Waals surface area contributed by atoms with E-state index in [0.717, 1.165) is 22.9 Å². The minimum absolute atomic E-state index is 0.00173. The maximum absolute atomic E-state index is 12.6. The van der Waals surface area contributed by atoms with Gasteiger partial charge in [-0.25, -0.2) is 0 Å². The Morgan fingerprint density at radius 3 is 3.04 bits per heavy atom. The third kappa shape index (κ3) is 5.62. The summed E-state index contributed by atoms with van der Waals surface area (Å²) in [6.07, 6.45) is 2.21. The minimum Gasteiger partial charge on any atom is -0.356 e. The van der Waals surface area contributed by atoms with Crippen LogP contribution in [0.25, 0.3) is 0 Å². The normalized spacial score (nSPS) is 18.1. The van der Waals surface area contributed by atoms with Crippen LogP contribution >= 0.6 is 15.9 Å². The summed E-state index contributed by atoms with van der Waals surface area (Å²) in [7, 11) is 0. The van der Waals surface area contributed by atoms with Crippen molar-refractivity contribution in [3.63, 3.8) is 0 Å². The van der Waals surface area contributed by atoms with Crippen molar-refractivity contribution in [3.8, 4) is 0 Å². The second kappa shape index (κ2) is 9.03. The van der Waals surface area contributed by atoms with Crippen LogP contribution in [0.2, 0.25) is 0 Å². The third-order valence-electron chi connectivity index (χ3n) is 3.89. The zero-order valence-electron chi connectivity index (χ0n) is 13.5. The zero-order chi connectivity index (χ0) is 16.7. The first-order valence-corrected chi connectivity index (χ1v) is 8.92. The molecule has 2 amide bonds. The smallest absolute Gasteiger partial charge is 0.240 e. The Kier molecular flexibility index (Phi) is 7.05. The van der Waals surface area contributed by atoms with E-state index in [4.69, 9.17) is 0 Å². The molecule has 0 spiro atoms. The van der Waals surface area contributed by atoms with E-state index in [-0.39, 0.29) is 18.2 Å². The van der Waals surface area contributed by atoms with Crippen LogP contribution in [0, 0.1) is 0 Å². The van der Waals surface area contributed by atoms with Gasteiger partial charge in [0, 0.05) is 30.7 Å². The van der Waals surface area contributed by atoms with Gasteiger partial charge in [0.2, 0.25) is 11.8 Å². The molecule has 1 aromatic carbocycles. The Morgan fingerprint density at radius 1 is 1.48 bits per heavy atom. The van der Waals surface area contributed by atoms with Gasteiger partial charge in [0.1, 0.15) is 0 Å². The summed E-state index contributed by atoms with van der Waals surface area (Å²) in [4.78, 5) is 26.3. The Balaban J connectivity index is 1.89. The number of piperazine rings is 1. The van der Waals surface area contributed by atoms with Crippen molar-refractivity contribution in [2.24, 2.45) is 0 Å². The van der Waals surface area contributed by atoms with Crippen molar-refractivity contribution in [2.75, 3.05) is 19.6 Å². The number of carbonyl (C=O) groups excluding carboxylic acids is 2. The molecule has 0 bridgehead atoms. The summed E-state index contributed by atoms with van der Waals surface area (Å²) in [6.45, 7) is 4.72. The molecule has 1 aliphatic heterocycles. The van der Waals surface area contributed by atoms with E-state index in [1.165, 1.54) is 0 Å². The van der Waals surface area contributed by atoms with Gasteiger partial charge in [-0.05, 0) is 24.1 Å². The summed E-state index contributed by atoms with van der Waals surface area (Å²) in [6, 6.07) is 7.53. The Labute approximate surface area is 145 Å². The number of benzene rings is 1. The van der Waals surface area contributed by atoms with Crippen LogP contribution in [0.3, 0.4) is 0 Å². The number of rotatable bonds is 7. The predicted octanol–water partition coefficient (Wildman–Crippen LogP) is 2.06. The molecule has 2 N–H and O–H groups in total. The highest BCUT2D eigenvalue weighted by Gasteiger charge is 2.29. The number of halogens is 1. The summed E-state index contributed by atoms with van der Waals surface area (Å²) >= 11 is 3.45. The molecule has 23 heavy (non-hydrogen) atoms. The fourth-order valence-corrected chi connectivity index (χ4v) is 3.07. The van der Waals surface area contributed by atoms with Crippen LogP contribution in [0.4, 0.5) is 0 Å². The number of carbonyl (C=O) groups is 2. The summed E-state index contributed by atoms with van der Waals surface area (Å²) < 4.78 is 1.00. The summed E-state index contributed by atoms with van der Waals surface area (Å²) in [5, 5.41) is 6.02. The van der Waals surface area contributed by atoms with Crippen LogP contribution in [0.15, 0.2) is 28.7 Å².